The molecule has 2 fully saturated rings. The van der Waals surface area contributed by atoms with E-state index in [2.05, 4.69) is 25.5 Å². The van der Waals surface area contributed by atoms with Crippen LogP contribution in [0.25, 0.3) is 0 Å². The van der Waals surface area contributed by atoms with Gasteiger partial charge in [0.2, 0.25) is 0 Å². The maximum absolute atomic E-state index is 13.1. The van der Waals surface area contributed by atoms with Crippen LogP contribution in [-0.4, -0.2) is 50.6 Å². The zero-order valence-electron chi connectivity index (χ0n) is 14.9. The number of amides is 1. The Hall–Kier alpha value is -2.15. The standard InChI is InChI=1S/C18H26N6O/c1-11-16(12(2)23-22-11)15-4-3-9-24(15)18(25)14-10-20-17(21-14)13-5-7-19-8-6-13/h10,13,15,19H,3-9H2,1-2H3,(H,20,21)(H,22,23). The molecule has 4 rings (SSSR count). The van der Waals surface area contributed by atoms with Gasteiger partial charge in [0.05, 0.1) is 17.9 Å². The van der Waals surface area contributed by atoms with Gasteiger partial charge in [0.1, 0.15) is 11.5 Å². The zero-order chi connectivity index (χ0) is 17.4. The van der Waals surface area contributed by atoms with Crippen LogP contribution in [0.4, 0.5) is 0 Å². The lowest BCUT2D eigenvalue weighted by Gasteiger charge is -2.25. The molecule has 0 saturated carbocycles. The van der Waals surface area contributed by atoms with Crippen molar-refractivity contribution >= 4 is 5.91 Å². The summed E-state index contributed by atoms with van der Waals surface area (Å²) in [6.07, 6.45) is 5.87. The molecule has 4 heterocycles. The highest BCUT2D eigenvalue weighted by Crippen LogP contribution is 2.35. The molecule has 0 aliphatic carbocycles. The number of carbonyl (C=O) groups excluding carboxylic acids is 1. The molecule has 2 saturated heterocycles. The largest absolute Gasteiger partial charge is 0.338 e. The van der Waals surface area contributed by atoms with Crippen molar-refractivity contribution in [3.05, 3.63) is 34.7 Å². The second-order valence-corrected chi connectivity index (χ2v) is 7.21. The molecular weight excluding hydrogens is 316 g/mol. The highest BCUT2D eigenvalue weighted by molar-refractivity contribution is 5.92. The van der Waals surface area contributed by atoms with Gasteiger partial charge < -0.3 is 15.2 Å². The lowest BCUT2D eigenvalue weighted by Crippen LogP contribution is -2.31. The summed E-state index contributed by atoms with van der Waals surface area (Å²) in [5.74, 6) is 1.43. The number of aryl methyl sites for hydroxylation is 2. The van der Waals surface area contributed by atoms with Crippen LogP contribution in [0.15, 0.2) is 6.20 Å². The van der Waals surface area contributed by atoms with E-state index >= 15 is 0 Å². The average molecular weight is 342 g/mol. The number of H-pyrrole nitrogens is 2. The first-order valence-electron chi connectivity index (χ1n) is 9.23. The van der Waals surface area contributed by atoms with Crippen LogP contribution >= 0.6 is 0 Å². The number of hydrogen-bond acceptors (Lipinski definition) is 4. The first kappa shape index (κ1) is 16.3. The number of aromatic amines is 2. The van der Waals surface area contributed by atoms with Gasteiger partial charge in [-0.05, 0) is 52.6 Å². The van der Waals surface area contributed by atoms with Gasteiger partial charge in [-0.3, -0.25) is 9.89 Å². The highest BCUT2D eigenvalue weighted by Gasteiger charge is 2.34. The lowest BCUT2D eigenvalue weighted by molar-refractivity contribution is 0.0729. The number of imidazole rings is 1. The molecule has 134 valence electrons. The van der Waals surface area contributed by atoms with E-state index in [1.54, 1.807) is 6.20 Å². The Labute approximate surface area is 147 Å². The van der Waals surface area contributed by atoms with Gasteiger partial charge in [0.15, 0.2) is 0 Å². The lowest BCUT2D eigenvalue weighted by atomic mass is 9.98. The maximum Gasteiger partial charge on any atom is 0.272 e. The molecule has 7 heteroatoms. The van der Waals surface area contributed by atoms with E-state index in [0.717, 1.165) is 62.5 Å². The Morgan fingerprint density at radius 3 is 2.76 bits per heavy atom. The van der Waals surface area contributed by atoms with Crippen LogP contribution in [0.2, 0.25) is 0 Å². The second-order valence-electron chi connectivity index (χ2n) is 7.21. The van der Waals surface area contributed by atoms with E-state index in [1.165, 1.54) is 5.56 Å². The fourth-order valence-corrected chi connectivity index (χ4v) is 4.26. The molecule has 3 N–H and O–H groups in total. The summed E-state index contributed by atoms with van der Waals surface area (Å²) in [5.41, 5.74) is 3.83. The van der Waals surface area contributed by atoms with Crippen LogP contribution < -0.4 is 5.32 Å². The van der Waals surface area contributed by atoms with Crippen molar-refractivity contribution in [2.24, 2.45) is 0 Å². The minimum absolute atomic E-state index is 0.0511. The Balaban J connectivity index is 1.55. The van der Waals surface area contributed by atoms with Crippen LogP contribution in [0.3, 0.4) is 0 Å². The third-order valence-corrected chi connectivity index (χ3v) is 5.58. The number of nitrogens with zero attached hydrogens (tertiary/aromatic N) is 3. The number of carbonyl (C=O) groups is 1. The fourth-order valence-electron chi connectivity index (χ4n) is 4.26. The molecule has 1 atom stereocenters. The predicted molar refractivity (Wildman–Crippen MR) is 94.5 cm³/mol. The van der Waals surface area contributed by atoms with Crippen molar-refractivity contribution in [1.29, 1.82) is 0 Å². The summed E-state index contributed by atoms with van der Waals surface area (Å²) in [5, 5.41) is 10.7. The predicted octanol–water partition coefficient (Wildman–Crippen LogP) is 2.19. The molecular formula is C18H26N6O. The molecule has 2 aliphatic rings. The number of likely N-dealkylation sites (tertiary alicyclic amines) is 1. The maximum atomic E-state index is 13.1. The summed E-state index contributed by atoms with van der Waals surface area (Å²) < 4.78 is 0. The van der Waals surface area contributed by atoms with E-state index < -0.39 is 0 Å². The smallest absolute Gasteiger partial charge is 0.272 e. The monoisotopic (exact) mass is 342 g/mol. The van der Waals surface area contributed by atoms with Crippen LogP contribution in [-0.2, 0) is 0 Å². The van der Waals surface area contributed by atoms with Crippen molar-refractivity contribution in [1.82, 2.24) is 30.4 Å². The molecule has 2 aromatic rings. The number of hydrogen-bond donors (Lipinski definition) is 3. The van der Waals surface area contributed by atoms with Crippen molar-refractivity contribution in [3.8, 4) is 0 Å². The molecule has 25 heavy (non-hydrogen) atoms. The minimum atomic E-state index is 0.0511. The summed E-state index contributed by atoms with van der Waals surface area (Å²) >= 11 is 0. The molecule has 1 amide bonds. The van der Waals surface area contributed by atoms with Gasteiger partial charge in [0, 0.05) is 23.7 Å². The van der Waals surface area contributed by atoms with E-state index in [1.807, 2.05) is 18.7 Å². The summed E-state index contributed by atoms with van der Waals surface area (Å²) in [6.45, 7) is 6.85. The highest BCUT2D eigenvalue weighted by atomic mass is 16.2. The number of piperidine rings is 1. The molecule has 2 aliphatic heterocycles. The van der Waals surface area contributed by atoms with Crippen LogP contribution in [0.5, 0.6) is 0 Å². The Morgan fingerprint density at radius 2 is 2.04 bits per heavy atom. The van der Waals surface area contributed by atoms with Gasteiger partial charge in [-0.2, -0.15) is 5.10 Å². The Bertz CT molecular complexity index is 738. The van der Waals surface area contributed by atoms with Gasteiger partial charge in [-0.25, -0.2) is 4.98 Å². The van der Waals surface area contributed by atoms with Crippen molar-refractivity contribution in [2.45, 2.75) is 51.5 Å². The topological polar surface area (TPSA) is 89.7 Å². The zero-order valence-corrected chi connectivity index (χ0v) is 14.9. The normalized spacial score (nSPS) is 21.8. The molecule has 0 radical (unpaired) electrons. The van der Waals surface area contributed by atoms with E-state index in [9.17, 15) is 4.79 Å². The molecule has 1 unspecified atom stereocenters. The van der Waals surface area contributed by atoms with Crippen LogP contribution in [0, 0.1) is 13.8 Å². The van der Waals surface area contributed by atoms with Crippen molar-refractivity contribution < 1.29 is 4.79 Å². The van der Waals surface area contributed by atoms with Crippen LogP contribution in [0.1, 0.15) is 70.9 Å². The SMILES string of the molecule is Cc1n[nH]c(C)c1C1CCCN1C(=O)c1cnc(C2CCNCC2)[nH]1. The van der Waals surface area contributed by atoms with Gasteiger partial charge in [-0.1, -0.05) is 0 Å². The number of rotatable bonds is 3. The Morgan fingerprint density at radius 1 is 1.24 bits per heavy atom. The first-order chi connectivity index (χ1) is 12.1. The van der Waals surface area contributed by atoms with Gasteiger partial charge >= 0.3 is 0 Å². The van der Waals surface area contributed by atoms with Gasteiger partial charge in [0.25, 0.3) is 5.91 Å². The fraction of sp³-hybridized carbons (Fsp3) is 0.611. The number of aromatic nitrogens is 4. The third kappa shape index (κ3) is 2.97. The second kappa shape index (κ2) is 6.63. The molecule has 7 nitrogen and oxygen atoms in total. The quantitative estimate of drug-likeness (QED) is 0.798. The van der Waals surface area contributed by atoms with E-state index in [4.69, 9.17) is 0 Å². The summed E-state index contributed by atoms with van der Waals surface area (Å²) in [4.78, 5) is 22.9. The average Bonchev–Trinajstić information content (AvgIpc) is 3.35. The van der Waals surface area contributed by atoms with E-state index in [-0.39, 0.29) is 11.9 Å². The van der Waals surface area contributed by atoms with Crippen molar-refractivity contribution in [2.75, 3.05) is 19.6 Å². The third-order valence-electron chi connectivity index (χ3n) is 5.58. The van der Waals surface area contributed by atoms with Crippen molar-refractivity contribution in [3.63, 3.8) is 0 Å². The molecule has 0 aromatic carbocycles. The molecule has 2 aromatic heterocycles. The molecule has 0 bridgehead atoms. The first-order valence-corrected chi connectivity index (χ1v) is 9.23. The summed E-state index contributed by atoms with van der Waals surface area (Å²) in [7, 11) is 0. The minimum Gasteiger partial charge on any atom is -0.338 e. The summed E-state index contributed by atoms with van der Waals surface area (Å²) in [6, 6.07) is 0.108. The Kier molecular flexibility index (Phi) is 4.33. The number of nitrogens with one attached hydrogen (secondary N) is 3. The molecule has 0 spiro atoms. The van der Waals surface area contributed by atoms with E-state index in [0.29, 0.717) is 11.6 Å². The van der Waals surface area contributed by atoms with Gasteiger partial charge in [-0.15, -0.1) is 0 Å².